The van der Waals surface area contributed by atoms with Gasteiger partial charge < -0.3 is 19.6 Å². The Labute approximate surface area is 170 Å². The normalized spacial score (nSPS) is 22.1. The topological polar surface area (TPSA) is 87.0 Å². The van der Waals surface area contributed by atoms with Crippen molar-refractivity contribution in [2.24, 2.45) is 0 Å². The lowest BCUT2D eigenvalue weighted by atomic mass is 9.86. The van der Waals surface area contributed by atoms with Gasteiger partial charge in [0, 0.05) is 25.9 Å². The van der Waals surface area contributed by atoms with Crippen LogP contribution in [-0.2, 0) is 11.2 Å². The van der Waals surface area contributed by atoms with E-state index in [4.69, 9.17) is 0 Å². The number of carbonyl (C=O) groups excluding carboxylic acids is 1. The number of fused-ring (bicyclic) bond motifs is 1. The summed E-state index contributed by atoms with van der Waals surface area (Å²) in [7, 11) is 1.82. The van der Waals surface area contributed by atoms with Gasteiger partial charge in [0.2, 0.25) is 5.91 Å². The summed E-state index contributed by atoms with van der Waals surface area (Å²) in [4.78, 5) is 26.6. The summed E-state index contributed by atoms with van der Waals surface area (Å²) in [6, 6.07) is 5.89. The number of nitrogens with zero attached hydrogens (tertiary/aromatic N) is 4. The van der Waals surface area contributed by atoms with E-state index in [1.54, 1.807) is 11.1 Å². The summed E-state index contributed by atoms with van der Waals surface area (Å²) in [5.41, 5.74) is 3.06. The van der Waals surface area contributed by atoms with Crippen LogP contribution in [0.4, 0.5) is 0 Å². The van der Waals surface area contributed by atoms with Gasteiger partial charge in [0.05, 0.1) is 29.2 Å². The number of aryl methyl sites for hydroxylation is 3. The van der Waals surface area contributed by atoms with E-state index in [0.29, 0.717) is 12.8 Å². The molecular weight excluding hydrogens is 366 g/mol. The summed E-state index contributed by atoms with van der Waals surface area (Å²) in [5.74, 6) is 1.85. The number of likely N-dealkylation sites (N-methyl/N-ethyl adjacent to an activating group) is 1. The van der Waals surface area contributed by atoms with Gasteiger partial charge in [0.25, 0.3) is 0 Å². The van der Waals surface area contributed by atoms with Crippen LogP contribution in [0.1, 0.15) is 48.9 Å². The second-order valence-corrected chi connectivity index (χ2v) is 8.12. The van der Waals surface area contributed by atoms with Crippen LogP contribution in [0.25, 0.3) is 11.0 Å². The maximum atomic E-state index is 12.9. The van der Waals surface area contributed by atoms with Crippen LogP contribution in [-0.4, -0.2) is 54.6 Å². The zero-order chi connectivity index (χ0) is 20.5. The number of nitrogens with one attached hydrogen (secondary N) is 1. The minimum atomic E-state index is -0.588. The number of rotatable bonds is 5. The first-order valence-electron chi connectivity index (χ1n) is 10.3. The molecule has 2 aromatic heterocycles. The van der Waals surface area contributed by atoms with E-state index in [1.165, 1.54) is 0 Å². The van der Waals surface area contributed by atoms with E-state index >= 15 is 0 Å². The molecule has 1 saturated carbocycles. The number of hydrogen-bond acceptors (Lipinski definition) is 4. The van der Waals surface area contributed by atoms with E-state index in [-0.39, 0.29) is 18.0 Å². The first-order chi connectivity index (χ1) is 13.9. The third-order valence-electron chi connectivity index (χ3n) is 6.19. The fourth-order valence-electron chi connectivity index (χ4n) is 4.55. The van der Waals surface area contributed by atoms with Crippen molar-refractivity contribution in [3.8, 4) is 0 Å². The Balaban J connectivity index is 1.40. The van der Waals surface area contributed by atoms with Gasteiger partial charge in [-0.1, -0.05) is 6.07 Å². The molecule has 2 heterocycles. The molecule has 3 atom stereocenters. The van der Waals surface area contributed by atoms with Crippen molar-refractivity contribution < 1.29 is 9.90 Å². The average Bonchev–Trinajstić information content (AvgIpc) is 3.29. The van der Waals surface area contributed by atoms with Crippen LogP contribution in [0, 0.1) is 13.8 Å². The van der Waals surface area contributed by atoms with Crippen LogP contribution in [0.3, 0.4) is 0 Å². The van der Waals surface area contributed by atoms with Crippen molar-refractivity contribution in [3.05, 3.63) is 47.8 Å². The number of amides is 1. The molecule has 0 aliphatic heterocycles. The monoisotopic (exact) mass is 395 g/mol. The Hall–Kier alpha value is -2.67. The lowest BCUT2D eigenvalue weighted by Gasteiger charge is -2.40. The molecule has 154 valence electrons. The number of aromatic amines is 1. The van der Waals surface area contributed by atoms with Crippen LogP contribution in [0.5, 0.6) is 0 Å². The van der Waals surface area contributed by atoms with Crippen molar-refractivity contribution in [1.82, 2.24) is 24.4 Å². The summed E-state index contributed by atoms with van der Waals surface area (Å²) in [5, 5.41) is 11.0. The molecule has 0 bridgehead atoms. The molecule has 7 heteroatoms. The standard InChI is InChI=1S/C22H29N5O2/c1-14-24-17-9-7-16(13-18(17)25-14)8-10-21(28)26(3)19-5-4-6-20(22(19)29)27-12-11-23-15(27)2/h7,9,11-13,19-20,22,29H,4-6,8,10H2,1-3H3,(H,24,25)/t19-,20-,22-/m1/s1. The van der Waals surface area contributed by atoms with Crippen LogP contribution >= 0.6 is 0 Å². The number of carbonyl (C=O) groups is 1. The van der Waals surface area contributed by atoms with Gasteiger partial charge in [0.1, 0.15) is 11.6 Å². The van der Waals surface area contributed by atoms with Gasteiger partial charge in [0.15, 0.2) is 0 Å². The highest BCUT2D eigenvalue weighted by Crippen LogP contribution is 2.32. The van der Waals surface area contributed by atoms with E-state index in [2.05, 4.69) is 21.0 Å². The predicted molar refractivity (Wildman–Crippen MR) is 112 cm³/mol. The van der Waals surface area contributed by atoms with E-state index < -0.39 is 6.10 Å². The highest BCUT2D eigenvalue weighted by molar-refractivity contribution is 5.78. The lowest BCUT2D eigenvalue weighted by molar-refractivity contribution is -0.136. The highest BCUT2D eigenvalue weighted by Gasteiger charge is 2.37. The number of aliphatic hydroxyl groups is 1. The maximum absolute atomic E-state index is 12.9. The molecule has 1 aromatic carbocycles. The van der Waals surface area contributed by atoms with Gasteiger partial charge in [-0.3, -0.25) is 4.79 Å². The Morgan fingerprint density at radius 1 is 1.34 bits per heavy atom. The summed E-state index contributed by atoms with van der Waals surface area (Å²) >= 11 is 0. The minimum absolute atomic E-state index is 0.0301. The SMILES string of the molecule is Cc1nc2ccc(CCC(=O)N(C)[C@@H]3CCC[C@@H](n4ccnc4C)[C@@H]3O)cc2[nH]1. The van der Waals surface area contributed by atoms with Gasteiger partial charge in [-0.15, -0.1) is 0 Å². The molecule has 7 nitrogen and oxygen atoms in total. The van der Waals surface area contributed by atoms with E-state index in [1.807, 2.05) is 43.8 Å². The van der Waals surface area contributed by atoms with Crippen molar-refractivity contribution in [2.75, 3.05) is 7.05 Å². The van der Waals surface area contributed by atoms with Crippen LogP contribution in [0.15, 0.2) is 30.6 Å². The molecule has 1 aliphatic rings. The zero-order valence-corrected chi connectivity index (χ0v) is 17.3. The molecule has 1 fully saturated rings. The largest absolute Gasteiger partial charge is 0.389 e. The molecule has 29 heavy (non-hydrogen) atoms. The van der Waals surface area contributed by atoms with Gasteiger partial charge in [-0.2, -0.15) is 0 Å². The fraction of sp³-hybridized carbons (Fsp3) is 0.500. The third-order valence-corrected chi connectivity index (χ3v) is 6.19. The molecule has 0 saturated heterocycles. The van der Waals surface area contributed by atoms with E-state index in [0.717, 1.165) is 47.5 Å². The molecule has 0 radical (unpaired) electrons. The van der Waals surface area contributed by atoms with Crippen molar-refractivity contribution in [1.29, 1.82) is 0 Å². The zero-order valence-electron chi connectivity index (χ0n) is 17.3. The first-order valence-corrected chi connectivity index (χ1v) is 10.3. The number of H-pyrrole nitrogens is 1. The summed E-state index contributed by atoms with van der Waals surface area (Å²) < 4.78 is 2.04. The Morgan fingerprint density at radius 2 is 2.17 bits per heavy atom. The number of benzene rings is 1. The third kappa shape index (κ3) is 3.92. The molecular formula is C22H29N5O2. The first kappa shape index (κ1) is 19.6. The highest BCUT2D eigenvalue weighted by atomic mass is 16.3. The van der Waals surface area contributed by atoms with Gasteiger partial charge in [-0.05, 0) is 57.2 Å². The molecule has 0 unspecified atom stereocenters. The van der Waals surface area contributed by atoms with Crippen LogP contribution in [0.2, 0.25) is 0 Å². The second kappa shape index (κ2) is 7.99. The average molecular weight is 396 g/mol. The maximum Gasteiger partial charge on any atom is 0.222 e. The Kier molecular flexibility index (Phi) is 5.41. The van der Waals surface area contributed by atoms with Crippen molar-refractivity contribution in [2.45, 2.75) is 64.1 Å². The molecule has 2 N–H and O–H groups in total. The molecule has 0 spiro atoms. The lowest BCUT2D eigenvalue weighted by Crippen LogP contribution is -2.50. The summed E-state index contributed by atoms with van der Waals surface area (Å²) in [6.07, 6.45) is 6.90. The second-order valence-electron chi connectivity index (χ2n) is 8.12. The molecule has 1 aliphatic carbocycles. The quantitative estimate of drug-likeness (QED) is 0.695. The van der Waals surface area contributed by atoms with Crippen molar-refractivity contribution >= 4 is 16.9 Å². The van der Waals surface area contributed by atoms with Gasteiger partial charge in [-0.25, -0.2) is 9.97 Å². The Bertz CT molecular complexity index is 1010. The van der Waals surface area contributed by atoms with Crippen LogP contribution < -0.4 is 0 Å². The molecule has 3 aromatic rings. The number of hydrogen-bond donors (Lipinski definition) is 2. The molecule has 1 amide bonds. The van der Waals surface area contributed by atoms with Crippen molar-refractivity contribution in [3.63, 3.8) is 0 Å². The van der Waals surface area contributed by atoms with Gasteiger partial charge >= 0.3 is 0 Å². The minimum Gasteiger partial charge on any atom is -0.389 e. The number of imidazole rings is 2. The smallest absolute Gasteiger partial charge is 0.222 e. The number of aromatic nitrogens is 4. The summed E-state index contributed by atoms with van der Waals surface area (Å²) in [6.45, 7) is 3.88. The predicted octanol–water partition coefficient (Wildman–Crippen LogP) is 2.92. The Morgan fingerprint density at radius 3 is 2.93 bits per heavy atom. The number of aliphatic hydroxyl groups excluding tert-OH is 1. The van der Waals surface area contributed by atoms with E-state index in [9.17, 15) is 9.90 Å². The molecule has 4 rings (SSSR count). The fourth-order valence-corrected chi connectivity index (χ4v) is 4.55.